The number of carbonyl (C=O) groups excluding carboxylic acids is 1. The van der Waals surface area contributed by atoms with Gasteiger partial charge in [0, 0.05) is 29.9 Å². The number of ether oxygens (including phenoxy) is 1. The zero-order valence-electron chi connectivity index (χ0n) is 16.7. The summed E-state index contributed by atoms with van der Waals surface area (Å²) in [5, 5.41) is 15.8. The Bertz CT molecular complexity index is 1160. The van der Waals surface area contributed by atoms with Crippen LogP contribution in [0.4, 0.5) is 0 Å². The topological polar surface area (TPSA) is 105 Å². The Kier molecular flexibility index (Phi) is 5.90. The van der Waals surface area contributed by atoms with E-state index in [4.69, 9.17) is 25.9 Å². The van der Waals surface area contributed by atoms with Gasteiger partial charge in [-0.05, 0) is 37.3 Å². The highest BCUT2D eigenvalue weighted by Crippen LogP contribution is 2.38. The number of halogens is 1. The highest BCUT2D eigenvalue weighted by atomic mass is 35.5. The van der Waals surface area contributed by atoms with Crippen LogP contribution in [-0.4, -0.2) is 39.3 Å². The van der Waals surface area contributed by atoms with Crippen LogP contribution in [0.3, 0.4) is 0 Å². The molecule has 0 aliphatic carbocycles. The third kappa shape index (κ3) is 4.39. The summed E-state index contributed by atoms with van der Waals surface area (Å²) in [5.74, 6) is -0.211. The van der Waals surface area contributed by atoms with Crippen molar-refractivity contribution in [2.75, 3.05) is 6.61 Å². The molecule has 0 saturated carbocycles. The molecule has 1 aliphatic heterocycles. The molecule has 0 radical (unpaired) electrons. The molecule has 1 aromatic carbocycles. The Labute approximate surface area is 183 Å². The van der Waals surface area contributed by atoms with Crippen molar-refractivity contribution in [2.45, 2.75) is 32.2 Å². The van der Waals surface area contributed by atoms with Crippen molar-refractivity contribution in [3.8, 4) is 5.75 Å². The van der Waals surface area contributed by atoms with Gasteiger partial charge in [-0.15, -0.1) is 0 Å². The number of amides is 1. The van der Waals surface area contributed by atoms with E-state index >= 15 is 0 Å². The molecular formula is C22H20ClN3O5. The van der Waals surface area contributed by atoms with E-state index in [1.54, 1.807) is 12.1 Å². The number of hydrogen-bond acceptors (Lipinski definition) is 6. The third-order valence-corrected chi connectivity index (χ3v) is 5.27. The molecule has 0 fully saturated rings. The van der Waals surface area contributed by atoms with E-state index in [1.165, 1.54) is 11.3 Å². The van der Waals surface area contributed by atoms with E-state index in [0.29, 0.717) is 41.3 Å². The lowest BCUT2D eigenvalue weighted by atomic mass is 10.0. The molecule has 1 atom stereocenters. The van der Waals surface area contributed by atoms with Crippen LogP contribution in [0.5, 0.6) is 5.75 Å². The minimum Gasteiger partial charge on any atom is -0.494 e. The number of pyridine rings is 1. The number of fused-ring (bicyclic) bond motifs is 1. The summed E-state index contributed by atoms with van der Waals surface area (Å²) in [6.07, 6.45) is 1.45. The van der Waals surface area contributed by atoms with Crippen LogP contribution in [0, 0.1) is 0 Å². The molecule has 1 aliphatic rings. The molecular weight excluding hydrogens is 422 g/mol. The maximum atomic E-state index is 12.8. The summed E-state index contributed by atoms with van der Waals surface area (Å²) in [7, 11) is 0. The first-order valence-electron chi connectivity index (χ1n) is 9.84. The fourth-order valence-corrected chi connectivity index (χ4v) is 3.80. The van der Waals surface area contributed by atoms with Crippen LogP contribution in [0.25, 0.3) is 10.9 Å². The second kappa shape index (κ2) is 8.77. The average Bonchev–Trinajstić information content (AvgIpc) is 3.41. The van der Waals surface area contributed by atoms with E-state index < -0.39 is 17.9 Å². The van der Waals surface area contributed by atoms with Gasteiger partial charge in [0.2, 0.25) is 5.91 Å². The molecule has 1 N–H and O–H groups in total. The average molecular weight is 442 g/mol. The van der Waals surface area contributed by atoms with Crippen LogP contribution in [0.1, 0.15) is 43.6 Å². The van der Waals surface area contributed by atoms with Crippen molar-refractivity contribution in [3.63, 3.8) is 0 Å². The van der Waals surface area contributed by atoms with E-state index in [-0.39, 0.29) is 18.0 Å². The first-order valence-corrected chi connectivity index (χ1v) is 10.2. The Morgan fingerprint density at radius 1 is 1.29 bits per heavy atom. The van der Waals surface area contributed by atoms with Gasteiger partial charge in [0.05, 0.1) is 30.8 Å². The van der Waals surface area contributed by atoms with Crippen LogP contribution >= 0.6 is 11.6 Å². The lowest BCUT2D eigenvalue weighted by Crippen LogP contribution is -2.27. The highest BCUT2D eigenvalue weighted by Gasteiger charge is 2.35. The number of furan rings is 1. The number of hydrogen-bond donors (Lipinski definition) is 1. The van der Waals surface area contributed by atoms with E-state index in [9.17, 15) is 9.59 Å². The summed E-state index contributed by atoms with van der Waals surface area (Å²) in [6, 6.07) is 10.4. The van der Waals surface area contributed by atoms with Gasteiger partial charge in [0.15, 0.2) is 0 Å². The van der Waals surface area contributed by atoms with Crippen molar-refractivity contribution in [2.24, 2.45) is 5.10 Å². The van der Waals surface area contributed by atoms with Gasteiger partial charge in [0.25, 0.3) is 0 Å². The smallest absolute Gasteiger partial charge is 0.303 e. The fourth-order valence-electron chi connectivity index (χ4n) is 3.53. The summed E-state index contributed by atoms with van der Waals surface area (Å²) >= 11 is 6.52. The first kappa shape index (κ1) is 20.9. The first-order chi connectivity index (χ1) is 15.0. The maximum absolute atomic E-state index is 12.8. The molecule has 0 bridgehead atoms. The standard InChI is InChI=1S/C22H20ClN3O5/c1-2-30-14-6-5-13-10-15(22(23)24-16(13)11-14)18-12-17(19-4-3-9-31-19)25-26(18)20(27)7-8-21(28)29/h3-6,9-11,18H,2,7-8,12H2,1H3,(H,28,29). The Balaban J connectivity index is 1.70. The molecule has 160 valence electrons. The molecule has 1 amide bonds. The molecule has 0 saturated heterocycles. The van der Waals surface area contributed by atoms with Gasteiger partial charge in [-0.2, -0.15) is 5.10 Å². The van der Waals surface area contributed by atoms with Gasteiger partial charge in [-0.25, -0.2) is 9.99 Å². The molecule has 0 spiro atoms. The zero-order valence-corrected chi connectivity index (χ0v) is 17.5. The molecule has 4 rings (SSSR count). The van der Waals surface area contributed by atoms with Gasteiger partial charge in [-0.1, -0.05) is 11.6 Å². The van der Waals surface area contributed by atoms with Crippen molar-refractivity contribution in [1.29, 1.82) is 0 Å². The number of hydrazone groups is 1. The zero-order chi connectivity index (χ0) is 22.0. The maximum Gasteiger partial charge on any atom is 0.303 e. The summed E-state index contributed by atoms with van der Waals surface area (Å²) in [6.45, 7) is 2.44. The van der Waals surface area contributed by atoms with E-state index in [1.807, 2.05) is 31.2 Å². The molecule has 3 aromatic rings. The minimum atomic E-state index is -1.05. The van der Waals surface area contributed by atoms with Crippen molar-refractivity contribution in [3.05, 3.63) is 59.1 Å². The number of rotatable bonds is 7. The minimum absolute atomic E-state index is 0.170. The normalized spacial score (nSPS) is 15.9. The van der Waals surface area contributed by atoms with E-state index in [0.717, 1.165) is 5.39 Å². The van der Waals surface area contributed by atoms with Gasteiger partial charge in [0.1, 0.15) is 22.4 Å². The Hall–Kier alpha value is -3.39. The highest BCUT2D eigenvalue weighted by molar-refractivity contribution is 6.30. The van der Waals surface area contributed by atoms with Crippen molar-refractivity contribution in [1.82, 2.24) is 9.99 Å². The quantitative estimate of drug-likeness (QED) is 0.544. The molecule has 2 aromatic heterocycles. The Morgan fingerprint density at radius 3 is 2.84 bits per heavy atom. The number of aromatic nitrogens is 1. The number of nitrogens with zero attached hydrogens (tertiary/aromatic N) is 3. The molecule has 9 heteroatoms. The number of carboxylic acids is 1. The lowest BCUT2D eigenvalue weighted by Gasteiger charge is -2.23. The molecule has 1 unspecified atom stereocenters. The molecule has 31 heavy (non-hydrogen) atoms. The Morgan fingerprint density at radius 2 is 2.13 bits per heavy atom. The van der Waals surface area contributed by atoms with Crippen LogP contribution in [-0.2, 0) is 9.59 Å². The molecule has 8 nitrogen and oxygen atoms in total. The largest absolute Gasteiger partial charge is 0.494 e. The predicted molar refractivity (Wildman–Crippen MR) is 114 cm³/mol. The van der Waals surface area contributed by atoms with Gasteiger partial charge in [-0.3, -0.25) is 9.59 Å². The SMILES string of the molecule is CCOc1ccc2cc(C3CC(c4ccco4)=NN3C(=O)CCC(=O)O)c(Cl)nc2c1. The predicted octanol–water partition coefficient (Wildman–Crippen LogP) is 4.42. The van der Waals surface area contributed by atoms with Gasteiger partial charge >= 0.3 is 5.97 Å². The van der Waals surface area contributed by atoms with Crippen LogP contribution < -0.4 is 4.74 Å². The summed E-state index contributed by atoms with van der Waals surface area (Å²) in [4.78, 5) is 28.2. The monoisotopic (exact) mass is 441 g/mol. The van der Waals surface area contributed by atoms with Crippen LogP contribution in [0.2, 0.25) is 5.15 Å². The molecule has 3 heterocycles. The second-order valence-electron chi connectivity index (χ2n) is 7.03. The summed E-state index contributed by atoms with van der Waals surface area (Å²) < 4.78 is 11.0. The number of aliphatic carboxylic acids is 1. The lowest BCUT2D eigenvalue weighted by molar-refractivity contribution is -0.141. The second-order valence-corrected chi connectivity index (χ2v) is 7.39. The van der Waals surface area contributed by atoms with E-state index in [2.05, 4.69) is 10.1 Å². The third-order valence-electron chi connectivity index (χ3n) is 4.96. The fraction of sp³-hybridized carbons (Fsp3) is 0.273. The van der Waals surface area contributed by atoms with Crippen LogP contribution in [0.15, 0.2) is 52.2 Å². The number of carbonyl (C=O) groups is 2. The van der Waals surface area contributed by atoms with Crippen molar-refractivity contribution < 1.29 is 23.8 Å². The summed E-state index contributed by atoms with van der Waals surface area (Å²) in [5.41, 5.74) is 1.89. The number of benzene rings is 1. The van der Waals surface area contributed by atoms with Crippen molar-refractivity contribution >= 4 is 40.1 Å². The number of carboxylic acid groups (broad SMARTS) is 1. The van der Waals surface area contributed by atoms with Gasteiger partial charge < -0.3 is 14.3 Å².